The lowest BCUT2D eigenvalue weighted by Gasteiger charge is -2.58. The van der Waals surface area contributed by atoms with Gasteiger partial charge in [-0.25, -0.2) is 13.6 Å². The summed E-state index contributed by atoms with van der Waals surface area (Å²) in [7, 11) is 0. The molecule has 0 bridgehead atoms. The predicted molar refractivity (Wildman–Crippen MR) is 69.2 cm³/mol. The van der Waals surface area contributed by atoms with E-state index < -0.39 is 35.4 Å². The lowest BCUT2D eigenvalue weighted by atomic mass is 9.56. The van der Waals surface area contributed by atoms with E-state index in [1.165, 1.54) is 12.1 Å². The molecule has 0 aromatic heterocycles. The summed E-state index contributed by atoms with van der Waals surface area (Å²) in [6, 6.07) is 3.35. The van der Waals surface area contributed by atoms with E-state index in [2.05, 4.69) is 10.1 Å². The van der Waals surface area contributed by atoms with Crippen LogP contribution in [0.2, 0.25) is 0 Å². The molecule has 1 aliphatic heterocycles. The van der Waals surface area contributed by atoms with Crippen LogP contribution in [0, 0.1) is 23.0 Å². The Morgan fingerprint density at radius 1 is 1.30 bits per heavy atom. The van der Waals surface area contributed by atoms with Gasteiger partial charge in [-0.3, -0.25) is 5.32 Å². The molecule has 1 spiro atoms. The highest BCUT2D eigenvalue weighted by Gasteiger charge is 2.58. The van der Waals surface area contributed by atoms with Crippen LogP contribution in [0.4, 0.5) is 22.0 Å². The quantitative estimate of drug-likeness (QED) is 0.682. The van der Waals surface area contributed by atoms with Crippen molar-refractivity contribution in [2.24, 2.45) is 11.3 Å². The highest BCUT2D eigenvalue weighted by atomic mass is 19.4. The van der Waals surface area contributed by atoms with Gasteiger partial charge < -0.3 is 4.74 Å². The zero-order valence-electron chi connectivity index (χ0n) is 11.9. The maximum atomic E-state index is 13.6. The van der Waals surface area contributed by atoms with E-state index in [0.29, 0.717) is 31.4 Å². The summed E-state index contributed by atoms with van der Waals surface area (Å²) >= 11 is 0. The Hall–Kier alpha value is -1.70. The van der Waals surface area contributed by atoms with Gasteiger partial charge >= 0.3 is 12.1 Å². The van der Waals surface area contributed by atoms with Crippen molar-refractivity contribution in [2.45, 2.75) is 31.7 Å². The molecule has 1 saturated heterocycles. The number of halogens is 5. The summed E-state index contributed by atoms with van der Waals surface area (Å²) in [6.07, 6.45) is -4.52. The third-order valence-electron chi connectivity index (χ3n) is 4.57. The lowest BCUT2D eigenvalue weighted by molar-refractivity contribution is -0.233. The molecule has 1 heterocycles. The summed E-state index contributed by atoms with van der Waals surface area (Å²) < 4.78 is 67.5. The average Bonchev–Trinajstić information content (AvgIpc) is 2.38. The predicted octanol–water partition coefficient (Wildman–Crippen LogP) is 2.94. The molecule has 3 nitrogen and oxygen atoms in total. The number of alkyl halides is 3. The largest absolute Gasteiger partial charge is 0.490 e. The minimum Gasteiger partial charge on any atom is -0.439 e. The Morgan fingerprint density at radius 2 is 2.00 bits per heavy atom. The van der Waals surface area contributed by atoms with Crippen molar-refractivity contribution in [1.82, 2.24) is 5.32 Å². The third-order valence-corrected chi connectivity index (χ3v) is 4.57. The average molecular weight is 335 g/mol. The SMILES string of the molecule is O=C(OC1NCC12CC(Cc1ccc(F)cc1F)C2)C(F)(F)F. The van der Waals surface area contributed by atoms with Gasteiger partial charge in [0, 0.05) is 18.0 Å². The van der Waals surface area contributed by atoms with Crippen LogP contribution in [0.15, 0.2) is 18.2 Å². The molecule has 0 amide bonds. The Balaban J connectivity index is 1.55. The smallest absolute Gasteiger partial charge is 0.439 e. The van der Waals surface area contributed by atoms with Gasteiger partial charge in [0.25, 0.3) is 0 Å². The number of benzene rings is 1. The number of rotatable bonds is 3. The molecule has 1 aliphatic carbocycles. The van der Waals surface area contributed by atoms with Crippen LogP contribution in [-0.4, -0.2) is 24.9 Å². The summed E-state index contributed by atoms with van der Waals surface area (Å²) in [6.45, 7) is 0.463. The van der Waals surface area contributed by atoms with Crippen LogP contribution in [0.25, 0.3) is 0 Å². The Kier molecular flexibility index (Phi) is 3.82. The second kappa shape index (κ2) is 5.43. The first-order chi connectivity index (χ1) is 10.7. The van der Waals surface area contributed by atoms with Crippen molar-refractivity contribution < 1.29 is 31.5 Å². The maximum absolute atomic E-state index is 13.6. The van der Waals surface area contributed by atoms with Crippen LogP contribution in [-0.2, 0) is 16.0 Å². The van der Waals surface area contributed by atoms with Gasteiger partial charge in [0.15, 0.2) is 6.23 Å². The van der Waals surface area contributed by atoms with Gasteiger partial charge in [-0.1, -0.05) is 6.07 Å². The Morgan fingerprint density at radius 3 is 2.52 bits per heavy atom. The highest BCUT2D eigenvalue weighted by molar-refractivity contribution is 5.75. The fourth-order valence-electron chi connectivity index (χ4n) is 3.41. The fraction of sp³-hybridized carbons (Fsp3) is 0.533. The van der Waals surface area contributed by atoms with E-state index in [-0.39, 0.29) is 5.92 Å². The summed E-state index contributed by atoms with van der Waals surface area (Å²) in [5, 5.41) is 2.68. The molecular formula is C15H14F5NO2. The van der Waals surface area contributed by atoms with Crippen molar-refractivity contribution in [3.8, 4) is 0 Å². The van der Waals surface area contributed by atoms with E-state index in [1.807, 2.05) is 0 Å². The Bertz CT molecular complexity index is 625. The first-order valence-electron chi connectivity index (χ1n) is 7.15. The van der Waals surface area contributed by atoms with Gasteiger partial charge in [-0.15, -0.1) is 0 Å². The van der Waals surface area contributed by atoms with Crippen molar-refractivity contribution in [3.05, 3.63) is 35.4 Å². The van der Waals surface area contributed by atoms with Gasteiger partial charge in [0.1, 0.15) is 11.6 Å². The molecule has 1 N–H and O–H groups in total. The molecule has 1 saturated carbocycles. The molecule has 8 heteroatoms. The van der Waals surface area contributed by atoms with Crippen molar-refractivity contribution in [1.29, 1.82) is 0 Å². The van der Waals surface area contributed by atoms with Gasteiger partial charge in [-0.05, 0) is 36.8 Å². The Labute approximate surface area is 128 Å². The number of carbonyl (C=O) groups is 1. The third kappa shape index (κ3) is 3.04. The zero-order chi connectivity index (χ0) is 16.8. The number of hydrogen-bond acceptors (Lipinski definition) is 3. The number of esters is 1. The molecule has 2 aliphatic rings. The number of carbonyl (C=O) groups excluding carboxylic acids is 1. The molecule has 0 radical (unpaired) electrons. The van der Waals surface area contributed by atoms with Crippen LogP contribution in [0.5, 0.6) is 0 Å². The van der Waals surface area contributed by atoms with E-state index in [9.17, 15) is 26.7 Å². The second-order valence-electron chi connectivity index (χ2n) is 6.24. The van der Waals surface area contributed by atoms with Crippen molar-refractivity contribution in [2.75, 3.05) is 6.54 Å². The van der Waals surface area contributed by atoms with E-state index in [4.69, 9.17) is 0 Å². The first-order valence-corrected chi connectivity index (χ1v) is 7.15. The highest BCUT2D eigenvalue weighted by Crippen LogP contribution is 2.53. The molecule has 2 fully saturated rings. The van der Waals surface area contributed by atoms with Crippen LogP contribution >= 0.6 is 0 Å². The number of hydrogen-bond donors (Lipinski definition) is 1. The van der Waals surface area contributed by atoms with Crippen molar-refractivity contribution >= 4 is 5.97 Å². The molecule has 1 atom stereocenters. The minimum atomic E-state index is -5.02. The van der Waals surface area contributed by atoms with E-state index >= 15 is 0 Å². The monoisotopic (exact) mass is 335 g/mol. The molecule has 3 rings (SSSR count). The molecule has 126 valence electrons. The van der Waals surface area contributed by atoms with Gasteiger partial charge in [0.2, 0.25) is 0 Å². The number of ether oxygens (including phenoxy) is 1. The zero-order valence-corrected chi connectivity index (χ0v) is 11.9. The summed E-state index contributed by atoms with van der Waals surface area (Å²) in [5.74, 6) is -3.41. The molecule has 1 aromatic rings. The van der Waals surface area contributed by atoms with Gasteiger partial charge in [0.05, 0.1) is 0 Å². The fourth-order valence-corrected chi connectivity index (χ4v) is 3.41. The maximum Gasteiger partial charge on any atom is 0.490 e. The summed E-state index contributed by atoms with van der Waals surface area (Å²) in [5.41, 5.74) is -0.121. The molecule has 23 heavy (non-hydrogen) atoms. The summed E-state index contributed by atoms with van der Waals surface area (Å²) in [4.78, 5) is 10.9. The van der Waals surface area contributed by atoms with Crippen LogP contribution in [0.3, 0.4) is 0 Å². The second-order valence-corrected chi connectivity index (χ2v) is 6.24. The van der Waals surface area contributed by atoms with Gasteiger partial charge in [-0.2, -0.15) is 13.2 Å². The van der Waals surface area contributed by atoms with Crippen LogP contribution < -0.4 is 5.32 Å². The van der Waals surface area contributed by atoms with Crippen LogP contribution in [0.1, 0.15) is 18.4 Å². The molecule has 1 unspecified atom stereocenters. The normalized spacial score (nSPS) is 29.8. The first kappa shape index (κ1) is 16.2. The van der Waals surface area contributed by atoms with E-state index in [0.717, 1.165) is 6.07 Å². The molecule has 1 aromatic carbocycles. The van der Waals surface area contributed by atoms with E-state index in [1.54, 1.807) is 0 Å². The van der Waals surface area contributed by atoms with Crippen molar-refractivity contribution in [3.63, 3.8) is 0 Å². The number of nitrogens with one attached hydrogen (secondary N) is 1. The minimum absolute atomic E-state index is 0.0733. The lowest BCUT2D eigenvalue weighted by Crippen LogP contribution is -2.69. The topological polar surface area (TPSA) is 38.3 Å². The molecular weight excluding hydrogens is 321 g/mol. The standard InChI is InChI=1S/C15H14F5NO2/c16-10-2-1-9(11(17)4-10)3-8-5-14(6-8)7-21-12(14)23-13(22)15(18,19)20/h1-2,4,8,12,21H,3,5-7H2.